The molecule has 0 aromatic heterocycles. The molecule has 3 nitrogen and oxygen atoms in total. The molecule has 0 aliphatic heterocycles. The van der Waals surface area contributed by atoms with Crippen LogP contribution in [0.25, 0.3) is 0 Å². The van der Waals surface area contributed by atoms with Crippen molar-refractivity contribution in [3.8, 4) is 5.75 Å². The van der Waals surface area contributed by atoms with Crippen molar-refractivity contribution in [2.75, 3.05) is 0 Å². The van der Waals surface area contributed by atoms with Crippen molar-refractivity contribution in [2.45, 2.75) is 33.5 Å². The Labute approximate surface area is 97.2 Å². The van der Waals surface area contributed by atoms with Gasteiger partial charge in [0.15, 0.2) is 0 Å². The molecule has 0 atom stereocenters. The number of carbonyl (C=O) groups is 1. The van der Waals surface area contributed by atoms with Crippen molar-refractivity contribution in [1.82, 2.24) is 0 Å². The highest BCUT2D eigenvalue weighted by Crippen LogP contribution is 2.27. The average Bonchev–Trinajstić information content (AvgIpc) is 2.07. The van der Waals surface area contributed by atoms with Gasteiger partial charge in [-0.15, -0.1) is 0 Å². The molecule has 0 saturated carbocycles. The average molecular weight is 238 g/mol. The van der Waals surface area contributed by atoms with Gasteiger partial charge in [-0.1, -0.05) is 6.07 Å². The van der Waals surface area contributed by atoms with Gasteiger partial charge in [0.05, 0.1) is 0 Å². The maximum absolute atomic E-state index is 11.1. The third-order valence-electron chi connectivity index (χ3n) is 2.06. The zero-order chi connectivity index (χ0) is 12.5. The van der Waals surface area contributed by atoms with E-state index >= 15 is 0 Å². The molecular formula is C12H18O3Si. The number of aryl methyl sites for hydroxylation is 2. The summed E-state index contributed by atoms with van der Waals surface area (Å²) in [6, 6.07) is 3.60. The minimum atomic E-state index is -1.79. The summed E-state index contributed by atoms with van der Waals surface area (Å²) in [7, 11) is -1.79. The van der Waals surface area contributed by atoms with Gasteiger partial charge in [0.2, 0.25) is 8.32 Å². The largest absolute Gasteiger partial charge is 0.544 e. The maximum Gasteiger partial charge on any atom is 0.339 e. The van der Waals surface area contributed by atoms with Crippen LogP contribution in [0.4, 0.5) is 0 Å². The highest BCUT2D eigenvalue weighted by molar-refractivity contribution is 6.70. The highest BCUT2D eigenvalue weighted by Gasteiger charge is 2.22. The fourth-order valence-corrected chi connectivity index (χ4v) is 2.44. The van der Waals surface area contributed by atoms with E-state index in [1.54, 1.807) is 6.07 Å². The van der Waals surface area contributed by atoms with E-state index in [-0.39, 0.29) is 5.56 Å². The van der Waals surface area contributed by atoms with E-state index in [9.17, 15) is 4.79 Å². The zero-order valence-corrected chi connectivity index (χ0v) is 11.4. The molecule has 0 fully saturated rings. The van der Waals surface area contributed by atoms with Gasteiger partial charge in [0, 0.05) is 0 Å². The van der Waals surface area contributed by atoms with Crippen LogP contribution >= 0.6 is 0 Å². The molecule has 0 amide bonds. The van der Waals surface area contributed by atoms with Gasteiger partial charge in [-0.25, -0.2) is 4.79 Å². The van der Waals surface area contributed by atoms with E-state index in [1.807, 2.05) is 39.6 Å². The molecule has 1 aromatic rings. The number of carboxylic acid groups (broad SMARTS) is 1. The summed E-state index contributed by atoms with van der Waals surface area (Å²) in [5, 5.41) is 9.15. The molecule has 4 heteroatoms. The van der Waals surface area contributed by atoms with Crippen LogP contribution in [0.5, 0.6) is 5.75 Å². The minimum Gasteiger partial charge on any atom is -0.544 e. The lowest BCUT2D eigenvalue weighted by Crippen LogP contribution is -2.30. The number of hydrogen-bond donors (Lipinski definition) is 1. The van der Waals surface area contributed by atoms with Crippen LogP contribution < -0.4 is 4.43 Å². The van der Waals surface area contributed by atoms with E-state index < -0.39 is 14.3 Å². The lowest BCUT2D eigenvalue weighted by molar-refractivity contribution is 0.0694. The number of hydrogen-bond acceptors (Lipinski definition) is 2. The van der Waals surface area contributed by atoms with Crippen molar-refractivity contribution in [3.05, 3.63) is 28.8 Å². The van der Waals surface area contributed by atoms with Crippen LogP contribution in [0.15, 0.2) is 12.1 Å². The molecule has 0 radical (unpaired) electrons. The monoisotopic (exact) mass is 238 g/mol. The van der Waals surface area contributed by atoms with Crippen molar-refractivity contribution in [1.29, 1.82) is 0 Å². The Morgan fingerprint density at radius 1 is 1.25 bits per heavy atom. The fourth-order valence-electron chi connectivity index (χ4n) is 1.55. The van der Waals surface area contributed by atoms with Crippen LogP contribution in [0.1, 0.15) is 21.5 Å². The second kappa shape index (κ2) is 4.29. The summed E-state index contributed by atoms with van der Waals surface area (Å²) < 4.78 is 5.84. The van der Waals surface area contributed by atoms with Gasteiger partial charge in [-0.05, 0) is 50.7 Å². The lowest BCUT2D eigenvalue weighted by atomic mass is 10.1. The Morgan fingerprint density at radius 2 is 1.81 bits per heavy atom. The van der Waals surface area contributed by atoms with Crippen LogP contribution in [0, 0.1) is 13.8 Å². The molecule has 1 aromatic carbocycles. The van der Waals surface area contributed by atoms with Crippen molar-refractivity contribution >= 4 is 14.3 Å². The zero-order valence-electron chi connectivity index (χ0n) is 10.4. The quantitative estimate of drug-likeness (QED) is 0.822. The van der Waals surface area contributed by atoms with Gasteiger partial charge in [-0.2, -0.15) is 0 Å². The second-order valence-corrected chi connectivity index (χ2v) is 9.41. The van der Waals surface area contributed by atoms with Crippen LogP contribution in [0.2, 0.25) is 19.6 Å². The Morgan fingerprint density at radius 3 is 2.25 bits per heavy atom. The molecule has 0 heterocycles. The molecule has 0 unspecified atom stereocenters. The SMILES string of the molecule is Cc1cc(C)c(O[Si](C)(C)C)c(C(=O)O)c1. The van der Waals surface area contributed by atoms with Gasteiger partial charge in [-0.3, -0.25) is 0 Å². The summed E-state index contributed by atoms with van der Waals surface area (Å²) in [4.78, 5) is 11.1. The molecule has 16 heavy (non-hydrogen) atoms. The third-order valence-corrected chi connectivity index (χ3v) is 2.87. The fraction of sp³-hybridized carbons (Fsp3) is 0.417. The molecule has 0 aliphatic carbocycles. The Kier molecular flexibility index (Phi) is 3.43. The van der Waals surface area contributed by atoms with Crippen molar-refractivity contribution < 1.29 is 14.3 Å². The van der Waals surface area contributed by atoms with Gasteiger partial charge in [0.1, 0.15) is 11.3 Å². The standard InChI is InChI=1S/C12H18O3Si/c1-8-6-9(2)11(15-16(3,4)5)10(7-8)12(13)14/h6-7H,1-5H3,(H,13,14). The molecular weight excluding hydrogens is 220 g/mol. The molecule has 0 aliphatic rings. The molecule has 1 rings (SSSR count). The van der Waals surface area contributed by atoms with Gasteiger partial charge in [0.25, 0.3) is 0 Å². The van der Waals surface area contributed by atoms with E-state index in [4.69, 9.17) is 9.53 Å². The molecule has 1 N–H and O–H groups in total. The number of benzene rings is 1. The molecule has 0 spiro atoms. The first-order valence-corrected chi connectivity index (χ1v) is 8.65. The third kappa shape index (κ3) is 3.10. The van der Waals surface area contributed by atoms with E-state index in [2.05, 4.69) is 0 Å². The topological polar surface area (TPSA) is 46.5 Å². The number of carboxylic acids is 1. The van der Waals surface area contributed by atoms with Crippen LogP contribution in [0.3, 0.4) is 0 Å². The van der Waals surface area contributed by atoms with Gasteiger partial charge < -0.3 is 9.53 Å². The predicted molar refractivity (Wildman–Crippen MR) is 66.8 cm³/mol. The number of aromatic carboxylic acids is 1. The smallest absolute Gasteiger partial charge is 0.339 e. The normalized spacial score (nSPS) is 11.3. The van der Waals surface area contributed by atoms with Gasteiger partial charge >= 0.3 is 5.97 Å². The maximum atomic E-state index is 11.1. The Bertz CT molecular complexity index is 419. The molecule has 88 valence electrons. The summed E-state index contributed by atoms with van der Waals surface area (Å²) >= 11 is 0. The minimum absolute atomic E-state index is 0.264. The first-order chi connectivity index (χ1) is 7.20. The lowest BCUT2D eigenvalue weighted by Gasteiger charge is -2.22. The van der Waals surface area contributed by atoms with E-state index in [0.717, 1.165) is 11.1 Å². The van der Waals surface area contributed by atoms with Crippen LogP contribution in [-0.4, -0.2) is 19.4 Å². The van der Waals surface area contributed by atoms with E-state index in [0.29, 0.717) is 5.75 Å². The van der Waals surface area contributed by atoms with Crippen molar-refractivity contribution in [3.63, 3.8) is 0 Å². The Hall–Kier alpha value is -1.29. The Balaban J connectivity index is 3.30. The summed E-state index contributed by atoms with van der Waals surface area (Å²) in [5.41, 5.74) is 2.09. The summed E-state index contributed by atoms with van der Waals surface area (Å²) in [6.07, 6.45) is 0. The van der Waals surface area contributed by atoms with E-state index in [1.165, 1.54) is 0 Å². The van der Waals surface area contributed by atoms with Crippen LogP contribution in [-0.2, 0) is 0 Å². The highest BCUT2D eigenvalue weighted by atomic mass is 28.4. The number of rotatable bonds is 3. The first kappa shape index (κ1) is 12.8. The summed E-state index contributed by atoms with van der Waals surface area (Å²) in [6.45, 7) is 9.89. The van der Waals surface area contributed by atoms with Crippen molar-refractivity contribution in [2.24, 2.45) is 0 Å². The predicted octanol–water partition coefficient (Wildman–Crippen LogP) is 3.22. The summed E-state index contributed by atoms with van der Waals surface area (Å²) in [5.74, 6) is -0.405. The second-order valence-electron chi connectivity index (χ2n) is 4.98. The molecule has 0 saturated heterocycles. The molecule has 0 bridgehead atoms. The first-order valence-electron chi connectivity index (χ1n) is 5.24.